The fourth-order valence-corrected chi connectivity index (χ4v) is 1.85. The minimum atomic E-state index is 0. The van der Waals surface area contributed by atoms with Crippen molar-refractivity contribution in [1.82, 2.24) is 0 Å². The van der Waals surface area contributed by atoms with Gasteiger partial charge in [0.2, 0.25) is 0 Å². The Hall–Kier alpha value is 0.294. The van der Waals surface area contributed by atoms with E-state index in [1.165, 1.54) is 21.4 Å². The molecule has 0 spiro atoms. The molecule has 0 heterocycles. The van der Waals surface area contributed by atoms with Crippen molar-refractivity contribution in [3.05, 3.63) is 23.3 Å². The molecule has 1 aliphatic carbocycles. The summed E-state index contributed by atoms with van der Waals surface area (Å²) in [6, 6.07) is 0. The van der Waals surface area contributed by atoms with Crippen molar-refractivity contribution in [2.75, 3.05) is 0 Å². The van der Waals surface area contributed by atoms with E-state index in [4.69, 9.17) is 0 Å². The van der Waals surface area contributed by atoms with Gasteiger partial charge in [-0.15, -0.1) is 0 Å². The minimum absolute atomic E-state index is 0. The summed E-state index contributed by atoms with van der Waals surface area (Å²) < 4.78 is 0. The molecule has 0 N–H and O–H groups in total. The molecule has 0 aliphatic heterocycles. The molecule has 0 saturated carbocycles. The van der Waals surface area contributed by atoms with Crippen molar-refractivity contribution in [2.24, 2.45) is 0 Å². The van der Waals surface area contributed by atoms with Gasteiger partial charge in [-0.1, -0.05) is 30.2 Å². The van der Waals surface area contributed by atoms with Gasteiger partial charge in [-0.25, -0.2) is 0 Å². The molecule has 52 valence electrons. The van der Waals surface area contributed by atoms with Crippen LogP contribution in [-0.4, -0.2) is 10.2 Å². The van der Waals surface area contributed by atoms with Crippen LogP contribution < -0.4 is 18.9 Å². The molecule has 2 heteroatoms. The van der Waals surface area contributed by atoms with Crippen molar-refractivity contribution in [3.63, 3.8) is 0 Å². The molecular formula is C8H15LiSi. The van der Waals surface area contributed by atoms with Gasteiger partial charge in [0.15, 0.2) is 0 Å². The Kier molecular flexibility index (Phi) is 3.22. The summed E-state index contributed by atoms with van der Waals surface area (Å²) >= 11 is 0. The summed E-state index contributed by atoms with van der Waals surface area (Å²) in [5.41, 5.74) is 2.97. The first-order valence-electron chi connectivity index (χ1n) is 3.40. The maximum absolute atomic E-state index is 2.37. The summed E-state index contributed by atoms with van der Waals surface area (Å²) in [6.07, 6.45) is 4.65. The number of allylic oxidation sites excluding steroid dienone is 4. The first kappa shape index (κ1) is 10.3. The maximum atomic E-state index is 2.37. The Balaban J connectivity index is 0. The number of hydrogen-bond acceptors (Lipinski definition) is 0. The Labute approximate surface area is 79.9 Å². The molecule has 0 radical (unpaired) electrons. The van der Waals surface area contributed by atoms with Gasteiger partial charge < -0.3 is 1.43 Å². The molecule has 0 amide bonds. The van der Waals surface area contributed by atoms with Crippen LogP contribution >= 0.6 is 0 Å². The van der Waals surface area contributed by atoms with Crippen molar-refractivity contribution in [1.29, 1.82) is 0 Å². The Bertz CT molecular complexity index is 194. The van der Waals surface area contributed by atoms with E-state index in [1.54, 1.807) is 0 Å². The molecule has 10 heavy (non-hydrogen) atoms. The molecule has 1 atom stereocenters. The van der Waals surface area contributed by atoms with E-state index in [0.717, 1.165) is 0 Å². The molecule has 0 bridgehead atoms. The second kappa shape index (κ2) is 3.13. The molecule has 0 aromatic heterocycles. The summed E-state index contributed by atoms with van der Waals surface area (Å²) in [5, 5.41) is 0.462. The van der Waals surface area contributed by atoms with Gasteiger partial charge in [-0.2, -0.15) is 0 Å². The third-order valence-electron chi connectivity index (χ3n) is 2.05. The molecule has 1 rings (SSSR count). The van der Waals surface area contributed by atoms with Crippen LogP contribution in [0, 0.1) is 0 Å². The first-order chi connectivity index (χ1) is 4.02. The van der Waals surface area contributed by atoms with Crippen molar-refractivity contribution < 1.29 is 20.3 Å². The number of hydrogen-bond donors (Lipinski definition) is 0. The molecule has 0 aromatic carbocycles. The Morgan fingerprint density at radius 3 is 2.10 bits per heavy atom. The van der Waals surface area contributed by atoms with E-state index in [9.17, 15) is 0 Å². The summed E-state index contributed by atoms with van der Waals surface area (Å²) in [7, 11) is 1.24. The van der Waals surface area contributed by atoms with Gasteiger partial charge >= 0.3 is 18.9 Å². The largest absolute Gasteiger partial charge is 1.00 e. The van der Waals surface area contributed by atoms with Gasteiger partial charge in [0, 0.05) is 10.2 Å². The normalized spacial score (nSPS) is 31.1. The molecular weight excluding hydrogens is 131 g/mol. The first-order valence-corrected chi connectivity index (χ1v) is 4.40. The van der Waals surface area contributed by atoms with Crippen LogP contribution in [-0.2, 0) is 0 Å². The summed E-state index contributed by atoms with van der Waals surface area (Å²) in [6.45, 7) is 6.70. The molecule has 0 aromatic rings. The van der Waals surface area contributed by atoms with Gasteiger partial charge in [-0.05, 0) is 18.9 Å². The van der Waals surface area contributed by atoms with E-state index < -0.39 is 0 Å². The van der Waals surface area contributed by atoms with Crippen molar-refractivity contribution in [3.8, 4) is 0 Å². The van der Waals surface area contributed by atoms with E-state index in [0.29, 0.717) is 5.04 Å². The SMILES string of the molecule is CC1=CC(C)([SiH3])C(C)=C1.[H-].[Li+]. The van der Waals surface area contributed by atoms with E-state index in [2.05, 4.69) is 32.9 Å². The van der Waals surface area contributed by atoms with E-state index in [-0.39, 0.29) is 20.3 Å². The van der Waals surface area contributed by atoms with Gasteiger partial charge in [-0.3, -0.25) is 0 Å². The average Bonchev–Trinajstić information content (AvgIpc) is 1.79. The minimum Gasteiger partial charge on any atom is -1.00 e. The zero-order valence-electron chi connectivity index (χ0n) is 8.65. The zero-order valence-corrected chi connectivity index (χ0v) is 9.65. The van der Waals surface area contributed by atoms with Crippen LogP contribution in [0.4, 0.5) is 0 Å². The molecule has 1 unspecified atom stereocenters. The molecule has 0 saturated heterocycles. The van der Waals surface area contributed by atoms with Crippen LogP contribution in [0.1, 0.15) is 22.2 Å². The molecule has 1 aliphatic rings. The van der Waals surface area contributed by atoms with Crippen LogP contribution in [0.25, 0.3) is 0 Å². The molecule has 0 fully saturated rings. The second-order valence-corrected chi connectivity index (χ2v) is 5.51. The van der Waals surface area contributed by atoms with Crippen LogP contribution in [0.2, 0.25) is 5.04 Å². The summed E-state index contributed by atoms with van der Waals surface area (Å²) in [4.78, 5) is 0. The van der Waals surface area contributed by atoms with Crippen molar-refractivity contribution >= 4 is 10.2 Å². The maximum Gasteiger partial charge on any atom is 1.00 e. The predicted octanol–water partition coefficient (Wildman–Crippen LogP) is -1.45. The monoisotopic (exact) mass is 146 g/mol. The van der Waals surface area contributed by atoms with Crippen LogP contribution in [0.15, 0.2) is 23.3 Å². The van der Waals surface area contributed by atoms with Crippen molar-refractivity contribution in [2.45, 2.75) is 25.8 Å². The standard InChI is InChI=1S/C8H14Si.Li.H/c1-6-4-7(2)8(3,9)5-6;;/h4-5H,1-3,9H3;;/q;+1;-1. The van der Waals surface area contributed by atoms with Crippen LogP contribution in [0.5, 0.6) is 0 Å². The third kappa shape index (κ3) is 1.89. The summed E-state index contributed by atoms with van der Waals surface area (Å²) in [5.74, 6) is 0. The third-order valence-corrected chi connectivity index (χ3v) is 3.13. The average molecular weight is 146 g/mol. The van der Waals surface area contributed by atoms with E-state index >= 15 is 0 Å². The Morgan fingerprint density at radius 1 is 1.50 bits per heavy atom. The van der Waals surface area contributed by atoms with Gasteiger partial charge in [0.05, 0.1) is 0 Å². The quantitative estimate of drug-likeness (QED) is 0.367. The van der Waals surface area contributed by atoms with Crippen LogP contribution in [0.3, 0.4) is 0 Å². The van der Waals surface area contributed by atoms with E-state index in [1.807, 2.05) is 0 Å². The smallest absolute Gasteiger partial charge is 1.00 e. The van der Waals surface area contributed by atoms with Gasteiger partial charge in [0.25, 0.3) is 0 Å². The molecule has 0 nitrogen and oxygen atoms in total. The zero-order chi connectivity index (χ0) is 7.07. The second-order valence-electron chi connectivity index (χ2n) is 3.44. The number of rotatable bonds is 0. The Morgan fingerprint density at radius 2 is 2.00 bits per heavy atom. The topological polar surface area (TPSA) is 0 Å². The fourth-order valence-electron chi connectivity index (χ4n) is 1.25. The van der Waals surface area contributed by atoms with Gasteiger partial charge in [0.1, 0.15) is 0 Å². The predicted molar refractivity (Wildman–Crippen MR) is 46.9 cm³/mol. The fraction of sp³-hybridized carbons (Fsp3) is 0.500.